The van der Waals surface area contributed by atoms with Crippen molar-refractivity contribution in [1.82, 2.24) is 4.98 Å². The predicted molar refractivity (Wildman–Crippen MR) is 85.5 cm³/mol. The Labute approximate surface area is 133 Å². The molecule has 0 saturated heterocycles. The lowest BCUT2D eigenvalue weighted by molar-refractivity contribution is 0.601. The molecule has 3 rings (SSSR count). The maximum atomic E-state index is 12.5. The Kier molecular flexibility index (Phi) is 3.64. The van der Waals surface area contributed by atoms with Crippen molar-refractivity contribution in [3.05, 3.63) is 40.5 Å². The molecule has 0 saturated carbocycles. The fraction of sp³-hybridized carbons (Fsp3) is 0.0833. The molecule has 0 radical (unpaired) electrons. The van der Waals surface area contributed by atoms with Gasteiger partial charge in [-0.05, 0) is 46.6 Å². The van der Waals surface area contributed by atoms with Gasteiger partial charge in [0.2, 0.25) is 0 Å². The van der Waals surface area contributed by atoms with E-state index < -0.39 is 10.0 Å². The summed E-state index contributed by atoms with van der Waals surface area (Å²) in [6, 6.07) is 6.51. The SMILES string of the molecule is Cc1cc(NS(=O)(=O)c2cccc3c2N=S=N3)ncc1Br. The third kappa shape index (κ3) is 2.76. The standard InChI is InChI=1S/C12H9BrN4O2S2/c1-7-5-11(14-6-8(7)13)17-21(18,19)10-4-2-3-9-12(10)16-20-15-9/h2-6H,1H3,(H,14,17). The van der Waals surface area contributed by atoms with Crippen molar-refractivity contribution >= 4 is 54.5 Å². The van der Waals surface area contributed by atoms with E-state index in [4.69, 9.17) is 0 Å². The number of nitrogens with one attached hydrogen (secondary N) is 1. The minimum atomic E-state index is -3.76. The number of fused-ring (bicyclic) bond motifs is 1. The van der Waals surface area contributed by atoms with Crippen LogP contribution in [0.4, 0.5) is 17.2 Å². The highest BCUT2D eigenvalue weighted by molar-refractivity contribution is 9.10. The second-order valence-corrected chi connectivity index (χ2v) is 7.35. The Hall–Kier alpha value is -1.58. The van der Waals surface area contributed by atoms with E-state index in [1.54, 1.807) is 24.4 Å². The van der Waals surface area contributed by atoms with Gasteiger partial charge in [-0.15, -0.1) is 0 Å². The molecule has 0 amide bonds. The van der Waals surface area contributed by atoms with E-state index in [-0.39, 0.29) is 10.7 Å². The lowest BCUT2D eigenvalue weighted by Gasteiger charge is -2.10. The zero-order valence-corrected chi connectivity index (χ0v) is 14.0. The summed E-state index contributed by atoms with van der Waals surface area (Å²) in [5.74, 6) is 0.260. The third-order valence-electron chi connectivity index (χ3n) is 2.82. The summed E-state index contributed by atoms with van der Waals surface area (Å²) in [6.07, 6.45) is 1.55. The maximum absolute atomic E-state index is 12.5. The van der Waals surface area contributed by atoms with Crippen LogP contribution in [0.15, 0.2) is 48.6 Å². The fourth-order valence-corrected chi connectivity index (χ4v) is 3.77. The first-order chi connectivity index (χ1) is 9.97. The van der Waals surface area contributed by atoms with Crippen LogP contribution in [0.2, 0.25) is 0 Å². The zero-order valence-electron chi connectivity index (χ0n) is 10.7. The molecular formula is C12H9BrN4O2S2. The molecule has 0 bridgehead atoms. The quantitative estimate of drug-likeness (QED) is 0.747. The van der Waals surface area contributed by atoms with Gasteiger partial charge >= 0.3 is 0 Å². The molecule has 0 atom stereocenters. The van der Waals surface area contributed by atoms with Crippen LogP contribution < -0.4 is 4.72 Å². The van der Waals surface area contributed by atoms with Gasteiger partial charge in [0.1, 0.15) is 22.1 Å². The molecule has 0 spiro atoms. The van der Waals surface area contributed by atoms with Gasteiger partial charge in [0.25, 0.3) is 10.0 Å². The summed E-state index contributed by atoms with van der Waals surface area (Å²) in [5.41, 5.74) is 1.81. The second kappa shape index (κ2) is 5.32. The van der Waals surface area contributed by atoms with Crippen LogP contribution in [0.3, 0.4) is 0 Å². The van der Waals surface area contributed by atoms with Crippen molar-refractivity contribution in [2.75, 3.05) is 4.72 Å². The molecule has 0 unspecified atom stereocenters. The molecule has 1 aromatic heterocycles. The van der Waals surface area contributed by atoms with E-state index in [0.29, 0.717) is 11.4 Å². The van der Waals surface area contributed by atoms with Gasteiger partial charge < -0.3 is 0 Å². The topological polar surface area (TPSA) is 83.8 Å². The number of aryl methyl sites for hydroxylation is 1. The molecular weight excluding hydrogens is 376 g/mol. The molecule has 6 nitrogen and oxygen atoms in total. The highest BCUT2D eigenvalue weighted by Gasteiger charge is 2.22. The zero-order chi connectivity index (χ0) is 15.0. The van der Waals surface area contributed by atoms with Crippen LogP contribution in [0, 0.1) is 6.92 Å². The lowest BCUT2D eigenvalue weighted by atomic mass is 10.3. The molecule has 9 heteroatoms. The Bertz CT molecular complexity index is 905. The number of hydrogen-bond acceptors (Lipinski definition) is 5. The molecule has 2 heterocycles. The Morgan fingerprint density at radius 3 is 2.86 bits per heavy atom. The highest BCUT2D eigenvalue weighted by atomic mass is 79.9. The average molecular weight is 385 g/mol. The molecule has 1 N–H and O–H groups in total. The van der Waals surface area contributed by atoms with Gasteiger partial charge in [-0.2, -0.15) is 8.73 Å². The number of nitrogens with zero attached hydrogens (tertiary/aromatic N) is 3. The lowest BCUT2D eigenvalue weighted by Crippen LogP contribution is -2.14. The van der Waals surface area contributed by atoms with Gasteiger partial charge in [0, 0.05) is 10.7 Å². The first-order valence-electron chi connectivity index (χ1n) is 5.83. The first kappa shape index (κ1) is 14.4. The van der Waals surface area contributed by atoms with Crippen molar-refractivity contribution in [1.29, 1.82) is 0 Å². The number of rotatable bonds is 3. The summed E-state index contributed by atoms with van der Waals surface area (Å²) >= 11 is 4.30. The summed E-state index contributed by atoms with van der Waals surface area (Å²) < 4.78 is 36.3. The monoisotopic (exact) mass is 384 g/mol. The van der Waals surface area contributed by atoms with Crippen LogP contribution in [0.5, 0.6) is 0 Å². The normalized spacial score (nSPS) is 12.9. The summed E-state index contributed by atoms with van der Waals surface area (Å²) in [6.45, 7) is 1.86. The van der Waals surface area contributed by atoms with E-state index in [1.807, 2.05) is 6.92 Å². The number of benzene rings is 1. The van der Waals surface area contributed by atoms with Gasteiger partial charge in [0.15, 0.2) is 0 Å². The maximum Gasteiger partial charge on any atom is 0.265 e. The number of pyridine rings is 1. The Balaban J connectivity index is 2.00. The molecule has 1 aliphatic rings. The van der Waals surface area contributed by atoms with Crippen molar-refractivity contribution < 1.29 is 8.42 Å². The minimum Gasteiger partial charge on any atom is -0.263 e. The van der Waals surface area contributed by atoms with E-state index >= 15 is 0 Å². The first-order valence-corrected chi connectivity index (χ1v) is 8.84. The second-order valence-electron chi connectivity index (χ2n) is 4.31. The van der Waals surface area contributed by atoms with E-state index in [0.717, 1.165) is 21.4 Å². The molecule has 108 valence electrons. The summed E-state index contributed by atoms with van der Waals surface area (Å²) in [5, 5.41) is 0. The fourth-order valence-electron chi connectivity index (χ4n) is 1.79. The Morgan fingerprint density at radius 1 is 1.29 bits per heavy atom. The molecule has 1 aliphatic heterocycles. The highest BCUT2D eigenvalue weighted by Crippen LogP contribution is 2.37. The van der Waals surface area contributed by atoms with Crippen molar-refractivity contribution in [3.8, 4) is 0 Å². The van der Waals surface area contributed by atoms with Crippen molar-refractivity contribution in [2.45, 2.75) is 11.8 Å². The van der Waals surface area contributed by atoms with Crippen LogP contribution in [0.25, 0.3) is 0 Å². The number of anilines is 1. The van der Waals surface area contributed by atoms with Crippen molar-refractivity contribution in [3.63, 3.8) is 0 Å². The smallest absolute Gasteiger partial charge is 0.263 e. The minimum absolute atomic E-state index is 0.0936. The summed E-state index contributed by atoms with van der Waals surface area (Å²) in [7, 11) is -3.76. The number of aromatic nitrogens is 1. The number of sulfonamides is 1. The summed E-state index contributed by atoms with van der Waals surface area (Å²) in [4.78, 5) is 4.14. The van der Waals surface area contributed by atoms with Gasteiger partial charge in [0.05, 0.1) is 11.4 Å². The van der Waals surface area contributed by atoms with E-state index in [2.05, 4.69) is 34.4 Å². The van der Waals surface area contributed by atoms with Crippen LogP contribution in [-0.4, -0.2) is 13.4 Å². The molecule has 2 aromatic rings. The molecule has 1 aromatic carbocycles. The predicted octanol–water partition coefficient (Wildman–Crippen LogP) is 3.68. The van der Waals surface area contributed by atoms with Crippen LogP contribution in [-0.2, 0) is 21.4 Å². The van der Waals surface area contributed by atoms with Crippen LogP contribution >= 0.6 is 15.9 Å². The number of hydrogen-bond donors (Lipinski definition) is 1. The largest absolute Gasteiger partial charge is 0.265 e. The van der Waals surface area contributed by atoms with Crippen molar-refractivity contribution in [2.24, 2.45) is 8.73 Å². The van der Waals surface area contributed by atoms with Gasteiger partial charge in [-0.25, -0.2) is 13.4 Å². The van der Waals surface area contributed by atoms with Crippen LogP contribution in [0.1, 0.15) is 5.56 Å². The van der Waals surface area contributed by atoms with Gasteiger partial charge in [-0.1, -0.05) is 6.07 Å². The number of halogens is 1. The third-order valence-corrected chi connectivity index (χ3v) is 5.58. The van der Waals surface area contributed by atoms with E-state index in [1.165, 1.54) is 6.07 Å². The Morgan fingerprint density at radius 2 is 2.10 bits per heavy atom. The van der Waals surface area contributed by atoms with E-state index in [9.17, 15) is 8.42 Å². The molecule has 21 heavy (non-hydrogen) atoms. The molecule has 0 fully saturated rings. The average Bonchev–Trinajstić information content (AvgIpc) is 2.90. The molecule has 0 aliphatic carbocycles. The van der Waals surface area contributed by atoms with Gasteiger partial charge in [-0.3, -0.25) is 4.72 Å².